The number of anilines is 1. The fourth-order valence-electron chi connectivity index (χ4n) is 3.00. The molecule has 0 saturated carbocycles. The number of nitrogens with zero attached hydrogens (tertiary/aromatic N) is 3. The molecule has 5 heteroatoms. The SMILES string of the molecule is CN1CCC(C)(Cn2c(N)nc3c(F)cccc32)CC1. The monoisotopic (exact) mass is 276 g/mol. The summed E-state index contributed by atoms with van der Waals surface area (Å²) in [6.07, 6.45) is 2.25. The minimum absolute atomic E-state index is 0.195. The van der Waals surface area contributed by atoms with Gasteiger partial charge in [0, 0.05) is 6.54 Å². The Hall–Kier alpha value is -1.62. The van der Waals surface area contributed by atoms with Crippen LogP contribution in [0.2, 0.25) is 0 Å². The van der Waals surface area contributed by atoms with Crippen LogP contribution in [0.5, 0.6) is 0 Å². The number of aromatic nitrogens is 2. The number of rotatable bonds is 2. The Morgan fingerprint density at radius 3 is 2.75 bits per heavy atom. The summed E-state index contributed by atoms with van der Waals surface area (Å²) in [6.45, 7) is 5.27. The molecule has 2 aromatic rings. The second-order valence-electron chi connectivity index (χ2n) is 6.28. The van der Waals surface area contributed by atoms with E-state index in [9.17, 15) is 4.39 Å². The first kappa shape index (κ1) is 13.4. The first-order valence-electron chi connectivity index (χ1n) is 7.07. The predicted octanol–water partition coefficient (Wildman–Crippen LogP) is 2.49. The maximum atomic E-state index is 13.8. The molecule has 1 fully saturated rings. The number of hydrogen-bond acceptors (Lipinski definition) is 3. The summed E-state index contributed by atoms with van der Waals surface area (Å²) < 4.78 is 15.7. The Labute approximate surface area is 118 Å². The molecule has 20 heavy (non-hydrogen) atoms. The zero-order chi connectivity index (χ0) is 14.3. The van der Waals surface area contributed by atoms with Gasteiger partial charge in [-0.3, -0.25) is 0 Å². The summed E-state index contributed by atoms with van der Waals surface area (Å²) >= 11 is 0. The summed E-state index contributed by atoms with van der Waals surface area (Å²) in [5.41, 5.74) is 7.37. The molecule has 0 unspecified atom stereocenters. The lowest BCUT2D eigenvalue weighted by molar-refractivity contribution is 0.122. The van der Waals surface area contributed by atoms with E-state index in [2.05, 4.69) is 23.9 Å². The third-order valence-electron chi connectivity index (χ3n) is 4.49. The highest BCUT2D eigenvalue weighted by atomic mass is 19.1. The zero-order valence-electron chi connectivity index (χ0n) is 12.1. The maximum Gasteiger partial charge on any atom is 0.201 e. The van der Waals surface area contributed by atoms with Gasteiger partial charge in [0.05, 0.1) is 5.52 Å². The normalized spacial score (nSPS) is 19.6. The van der Waals surface area contributed by atoms with Gasteiger partial charge in [-0.1, -0.05) is 13.0 Å². The number of imidazole rings is 1. The Balaban J connectivity index is 1.95. The Bertz CT molecular complexity index is 626. The quantitative estimate of drug-likeness (QED) is 0.916. The van der Waals surface area contributed by atoms with Crippen molar-refractivity contribution in [2.24, 2.45) is 5.41 Å². The first-order valence-corrected chi connectivity index (χ1v) is 7.07. The highest BCUT2D eigenvalue weighted by molar-refractivity contribution is 5.78. The number of likely N-dealkylation sites (tertiary alicyclic amines) is 1. The number of nitrogens with two attached hydrogens (primary N) is 1. The van der Waals surface area contributed by atoms with Crippen LogP contribution in [0.4, 0.5) is 10.3 Å². The first-order chi connectivity index (χ1) is 9.48. The van der Waals surface area contributed by atoms with Crippen molar-refractivity contribution in [3.8, 4) is 0 Å². The lowest BCUT2D eigenvalue weighted by atomic mass is 9.80. The molecular weight excluding hydrogens is 255 g/mol. The van der Waals surface area contributed by atoms with Gasteiger partial charge in [0.15, 0.2) is 5.82 Å². The maximum absolute atomic E-state index is 13.8. The average molecular weight is 276 g/mol. The second-order valence-corrected chi connectivity index (χ2v) is 6.28. The largest absolute Gasteiger partial charge is 0.369 e. The molecule has 1 aromatic heterocycles. The molecule has 0 radical (unpaired) electrons. The van der Waals surface area contributed by atoms with E-state index < -0.39 is 0 Å². The Kier molecular flexibility index (Phi) is 3.17. The summed E-state index contributed by atoms with van der Waals surface area (Å²) in [5.74, 6) is 0.103. The van der Waals surface area contributed by atoms with Gasteiger partial charge in [0.1, 0.15) is 5.52 Å². The summed E-state index contributed by atoms with van der Waals surface area (Å²) in [5, 5.41) is 0. The summed E-state index contributed by atoms with van der Waals surface area (Å²) in [4.78, 5) is 6.52. The third kappa shape index (κ3) is 2.26. The molecular formula is C15H21FN4. The molecule has 108 valence electrons. The van der Waals surface area contributed by atoms with Crippen LogP contribution >= 0.6 is 0 Å². The highest BCUT2D eigenvalue weighted by Gasteiger charge is 2.30. The van der Waals surface area contributed by atoms with Crippen molar-refractivity contribution >= 4 is 17.0 Å². The van der Waals surface area contributed by atoms with Gasteiger partial charge in [-0.15, -0.1) is 0 Å². The van der Waals surface area contributed by atoms with Crippen molar-refractivity contribution in [2.75, 3.05) is 25.9 Å². The van der Waals surface area contributed by atoms with Crippen molar-refractivity contribution < 1.29 is 4.39 Å². The van der Waals surface area contributed by atoms with Crippen molar-refractivity contribution in [1.82, 2.24) is 14.5 Å². The number of benzene rings is 1. The Morgan fingerprint density at radius 1 is 1.35 bits per heavy atom. The van der Waals surface area contributed by atoms with Gasteiger partial charge in [0.2, 0.25) is 5.95 Å². The van der Waals surface area contributed by atoms with E-state index in [4.69, 9.17) is 5.73 Å². The van der Waals surface area contributed by atoms with Crippen LogP contribution < -0.4 is 5.73 Å². The highest BCUT2D eigenvalue weighted by Crippen LogP contribution is 2.34. The number of hydrogen-bond donors (Lipinski definition) is 1. The number of fused-ring (bicyclic) bond motifs is 1. The van der Waals surface area contributed by atoms with Crippen LogP contribution in [-0.4, -0.2) is 34.6 Å². The van der Waals surface area contributed by atoms with E-state index in [0.717, 1.165) is 38.0 Å². The number of nitrogen functional groups attached to an aromatic ring is 1. The smallest absolute Gasteiger partial charge is 0.201 e. The molecule has 1 saturated heterocycles. The third-order valence-corrected chi connectivity index (χ3v) is 4.49. The topological polar surface area (TPSA) is 47.1 Å². The Morgan fingerprint density at radius 2 is 2.05 bits per heavy atom. The van der Waals surface area contributed by atoms with Gasteiger partial charge in [-0.05, 0) is 50.5 Å². The standard InChI is InChI=1S/C15H21FN4/c1-15(6-8-19(2)9-7-15)10-20-12-5-3-4-11(16)13(12)18-14(20)17/h3-5H,6-10H2,1-2H3,(H2,17,18). The van der Waals surface area contributed by atoms with Gasteiger partial charge in [0.25, 0.3) is 0 Å². The fourth-order valence-corrected chi connectivity index (χ4v) is 3.00. The molecule has 2 heterocycles. The predicted molar refractivity (Wildman–Crippen MR) is 78.9 cm³/mol. The van der Waals surface area contributed by atoms with Gasteiger partial charge >= 0.3 is 0 Å². The van der Waals surface area contributed by atoms with Crippen LogP contribution in [0.3, 0.4) is 0 Å². The lowest BCUT2D eigenvalue weighted by Gasteiger charge is -2.38. The van der Waals surface area contributed by atoms with E-state index >= 15 is 0 Å². The van der Waals surface area contributed by atoms with Gasteiger partial charge in [-0.2, -0.15) is 0 Å². The molecule has 4 nitrogen and oxygen atoms in total. The van der Waals surface area contributed by atoms with E-state index in [0.29, 0.717) is 11.5 Å². The molecule has 3 rings (SSSR count). The van der Waals surface area contributed by atoms with Crippen LogP contribution in [0, 0.1) is 11.2 Å². The summed E-state index contributed by atoms with van der Waals surface area (Å²) in [7, 11) is 2.15. The molecule has 2 N–H and O–H groups in total. The van der Waals surface area contributed by atoms with Gasteiger partial charge < -0.3 is 15.2 Å². The molecule has 1 aliphatic rings. The van der Waals surface area contributed by atoms with Crippen LogP contribution in [0.15, 0.2) is 18.2 Å². The molecule has 1 aliphatic heterocycles. The molecule has 0 amide bonds. The van der Waals surface area contributed by atoms with Crippen LogP contribution in [-0.2, 0) is 6.54 Å². The zero-order valence-corrected chi connectivity index (χ0v) is 12.1. The number of para-hydroxylation sites is 1. The fraction of sp³-hybridized carbons (Fsp3) is 0.533. The molecule has 0 spiro atoms. The van der Waals surface area contributed by atoms with Gasteiger partial charge in [-0.25, -0.2) is 9.37 Å². The van der Waals surface area contributed by atoms with Crippen LogP contribution in [0.1, 0.15) is 19.8 Å². The lowest BCUT2D eigenvalue weighted by Crippen LogP contribution is -2.38. The van der Waals surface area contributed by atoms with Crippen molar-refractivity contribution in [1.29, 1.82) is 0 Å². The van der Waals surface area contributed by atoms with Crippen molar-refractivity contribution in [3.05, 3.63) is 24.0 Å². The molecule has 1 aromatic carbocycles. The van der Waals surface area contributed by atoms with Crippen molar-refractivity contribution in [3.63, 3.8) is 0 Å². The number of piperidine rings is 1. The molecule has 0 bridgehead atoms. The summed E-state index contributed by atoms with van der Waals surface area (Å²) in [6, 6.07) is 5.03. The minimum atomic E-state index is -0.304. The van der Waals surface area contributed by atoms with E-state index in [1.54, 1.807) is 6.07 Å². The van der Waals surface area contributed by atoms with E-state index in [1.165, 1.54) is 6.07 Å². The van der Waals surface area contributed by atoms with E-state index in [-0.39, 0.29) is 11.2 Å². The van der Waals surface area contributed by atoms with Crippen LogP contribution in [0.25, 0.3) is 11.0 Å². The molecule has 0 atom stereocenters. The van der Waals surface area contributed by atoms with Crippen molar-refractivity contribution in [2.45, 2.75) is 26.3 Å². The second kappa shape index (κ2) is 4.74. The average Bonchev–Trinajstić information content (AvgIpc) is 2.72. The molecule has 0 aliphatic carbocycles. The number of halogens is 1. The van der Waals surface area contributed by atoms with E-state index in [1.807, 2.05) is 10.6 Å². The minimum Gasteiger partial charge on any atom is -0.369 e.